The molecule has 0 fully saturated rings. The first kappa shape index (κ1) is 16.9. The molecule has 3 aromatic carbocycles. The highest BCUT2D eigenvalue weighted by atomic mass is 16.6. The number of hydrogen-bond acceptors (Lipinski definition) is 5. The lowest BCUT2D eigenvalue weighted by Gasteiger charge is -2.07. The monoisotopic (exact) mass is 351 g/mol. The minimum absolute atomic E-state index is 0.117. The number of nitrogens with one attached hydrogen (secondary N) is 2. The molecule has 0 spiro atoms. The summed E-state index contributed by atoms with van der Waals surface area (Å²) in [7, 11) is 0. The Morgan fingerprint density at radius 1 is 0.962 bits per heavy atom. The fourth-order valence-electron chi connectivity index (χ4n) is 2.41. The van der Waals surface area contributed by atoms with Crippen LogP contribution in [0, 0.1) is 10.1 Å². The molecule has 8 heteroatoms. The van der Waals surface area contributed by atoms with Crippen LogP contribution in [0.2, 0.25) is 0 Å². The number of carbonyl (C=O) groups is 2. The number of benzene rings is 3. The fraction of sp³-hybridized carbons (Fsp3) is 0. The Hall–Kier alpha value is -3.94. The normalized spacial score (nSPS) is 10.3. The van der Waals surface area contributed by atoms with Crippen molar-refractivity contribution in [3.8, 4) is 5.75 Å². The molecular formula is C18H13N3O5. The second kappa shape index (κ2) is 6.89. The molecule has 0 aliphatic rings. The molecule has 0 unspecified atom stereocenters. The van der Waals surface area contributed by atoms with Gasteiger partial charge in [0.05, 0.1) is 4.92 Å². The van der Waals surface area contributed by atoms with Crippen LogP contribution in [0.3, 0.4) is 0 Å². The van der Waals surface area contributed by atoms with Crippen LogP contribution >= 0.6 is 0 Å². The van der Waals surface area contributed by atoms with Gasteiger partial charge < -0.3 is 10.4 Å². The van der Waals surface area contributed by atoms with Crippen molar-refractivity contribution in [1.29, 1.82) is 0 Å². The summed E-state index contributed by atoms with van der Waals surface area (Å²) in [5.74, 6) is -0.506. The first-order valence-electron chi connectivity index (χ1n) is 7.52. The average Bonchev–Trinajstić information content (AvgIpc) is 2.61. The number of aromatic hydroxyl groups is 1. The summed E-state index contributed by atoms with van der Waals surface area (Å²) in [6.07, 6.45) is 0. The SMILES string of the molecule is O=C(NC(=O)c1ccc2cc(O)ccc2c1)Nc1cccc([N+](=O)[O-])c1. The smallest absolute Gasteiger partial charge is 0.326 e. The van der Waals surface area contributed by atoms with E-state index in [1.54, 1.807) is 24.3 Å². The molecule has 26 heavy (non-hydrogen) atoms. The minimum Gasteiger partial charge on any atom is -0.508 e. The Balaban J connectivity index is 1.71. The molecule has 0 radical (unpaired) electrons. The Labute approximate surface area is 147 Å². The largest absolute Gasteiger partial charge is 0.508 e. The van der Waals surface area contributed by atoms with Gasteiger partial charge in [0.15, 0.2) is 0 Å². The fourth-order valence-corrected chi connectivity index (χ4v) is 2.41. The van der Waals surface area contributed by atoms with E-state index in [0.717, 1.165) is 10.8 Å². The molecule has 0 atom stereocenters. The maximum atomic E-state index is 12.2. The Bertz CT molecular complexity index is 1030. The van der Waals surface area contributed by atoms with Gasteiger partial charge in [-0.2, -0.15) is 0 Å². The number of nitro benzene ring substituents is 1. The van der Waals surface area contributed by atoms with Gasteiger partial charge in [0.1, 0.15) is 5.75 Å². The number of non-ortho nitro benzene ring substituents is 1. The van der Waals surface area contributed by atoms with Crippen LogP contribution in [0.15, 0.2) is 60.7 Å². The van der Waals surface area contributed by atoms with Gasteiger partial charge in [-0.25, -0.2) is 4.79 Å². The number of phenolic OH excluding ortho intramolecular Hbond substituents is 1. The Morgan fingerprint density at radius 3 is 2.46 bits per heavy atom. The van der Waals surface area contributed by atoms with Gasteiger partial charge in [0.2, 0.25) is 0 Å². The van der Waals surface area contributed by atoms with Crippen LogP contribution in [-0.2, 0) is 0 Å². The molecule has 3 rings (SSSR count). The molecular weight excluding hydrogens is 338 g/mol. The number of imide groups is 1. The van der Waals surface area contributed by atoms with Gasteiger partial charge in [-0.15, -0.1) is 0 Å². The maximum Gasteiger partial charge on any atom is 0.326 e. The van der Waals surface area contributed by atoms with Crippen molar-refractivity contribution in [2.24, 2.45) is 0 Å². The molecule has 3 aromatic rings. The molecule has 0 saturated carbocycles. The molecule has 3 amide bonds. The van der Waals surface area contributed by atoms with Gasteiger partial charge >= 0.3 is 6.03 Å². The molecule has 0 heterocycles. The molecule has 0 aliphatic heterocycles. The van der Waals surface area contributed by atoms with Crippen molar-refractivity contribution < 1.29 is 19.6 Å². The third-order valence-corrected chi connectivity index (χ3v) is 3.63. The van der Waals surface area contributed by atoms with E-state index in [-0.39, 0.29) is 22.7 Å². The molecule has 3 N–H and O–H groups in total. The standard InChI is InChI=1S/C18H13N3O5/c22-16-7-6-11-8-13(5-4-12(11)9-16)17(23)20-18(24)19-14-2-1-3-15(10-14)21(25)26/h1-10,22H,(H2,19,20,23,24). The number of rotatable bonds is 3. The van der Waals surface area contributed by atoms with Crippen LogP contribution < -0.4 is 10.6 Å². The Morgan fingerprint density at radius 2 is 1.69 bits per heavy atom. The number of amides is 3. The summed E-state index contributed by atoms with van der Waals surface area (Å²) in [5, 5.41) is 26.2. The van der Waals surface area contributed by atoms with E-state index in [1.165, 1.54) is 36.4 Å². The maximum absolute atomic E-state index is 12.2. The van der Waals surface area contributed by atoms with Gasteiger partial charge in [-0.05, 0) is 41.1 Å². The third-order valence-electron chi connectivity index (χ3n) is 3.63. The van der Waals surface area contributed by atoms with Crippen molar-refractivity contribution in [1.82, 2.24) is 5.32 Å². The van der Waals surface area contributed by atoms with Gasteiger partial charge in [0, 0.05) is 23.4 Å². The highest BCUT2D eigenvalue weighted by molar-refractivity contribution is 6.09. The Kier molecular flexibility index (Phi) is 4.48. The number of phenols is 1. The van der Waals surface area contributed by atoms with E-state index in [4.69, 9.17) is 0 Å². The second-order valence-electron chi connectivity index (χ2n) is 5.46. The van der Waals surface area contributed by atoms with E-state index in [1.807, 2.05) is 0 Å². The highest BCUT2D eigenvalue weighted by Crippen LogP contribution is 2.21. The first-order chi connectivity index (χ1) is 12.4. The molecule has 0 saturated heterocycles. The van der Waals surface area contributed by atoms with E-state index in [0.29, 0.717) is 0 Å². The lowest BCUT2D eigenvalue weighted by atomic mass is 10.1. The minimum atomic E-state index is -0.804. The van der Waals surface area contributed by atoms with E-state index >= 15 is 0 Å². The lowest BCUT2D eigenvalue weighted by molar-refractivity contribution is -0.384. The predicted octanol–water partition coefficient (Wildman–Crippen LogP) is 3.42. The zero-order chi connectivity index (χ0) is 18.7. The van der Waals surface area contributed by atoms with Gasteiger partial charge in [-0.1, -0.05) is 18.2 Å². The first-order valence-corrected chi connectivity index (χ1v) is 7.52. The topological polar surface area (TPSA) is 122 Å². The summed E-state index contributed by atoms with van der Waals surface area (Å²) in [6.45, 7) is 0. The number of fused-ring (bicyclic) bond motifs is 1. The lowest BCUT2D eigenvalue weighted by Crippen LogP contribution is -2.34. The number of anilines is 1. The number of urea groups is 1. The quantitative estimate of drug-likeness (QED) is 0.493. The van der Waals surface area contributed by atoms with Gasteiger partial charge in [0.25, 0.3) is 11.6 Å². The number of nitrogens with zero attached hydrogens (tertiary/aromatic N) is 1. The van der Waals surface area contributed by atoms with Crippen LogP contribution in [0.1, 0.15) is 10.4 Å². The second-order valence-corrected chi connectivity index (χ2v) is 5.46. The summed E-state index contributed by atoms with van der Waals surface area (Å²) in [4.78, 5) is 34.3. The van der Waals surface area contributed by atoms with Crippen LogP contribution in [-0.4, -0.2) is 22.0 Å². The van der Waals surface area contributed by atoms with Crippen molar-refractivity contribution >= 4 is 34.1 Å². The van der Waals surface area contributed by atoms with E-state index in [9.17, 15) is 24.8 Å². The molecule has 0 aromatic heterocycles. The summed E-state index contributed by atoms with van der Waals surface area (Å²) < 4.78 is 0. The zero-order valence-electron chi connectivity index (χ0n) is 13.3. The van der Waals surface area contributed by atoms with Crippen molar-refractivity contribution in [3.05, 3.63) is 76.3 Å². The zero-order valence-corrected chi connectivity index (χ0v) is 13.3. The van der Waals surface area contributed by atoms with Gasteiger partial charge in [-0.3, -0.25) is 20.2 Å². The van der Waals surface area contributed by atoms with E-state index < -0.39 is 16.9 Å². The third kappa shape index (κ3) is 3.75. The number of nitro groups is 1. The van der Waals surface area contributed by atoms with Crippen molar-refractivity contribution in [2.45, 2.75) is 0 Å². The molecule has 0 bridgehead atoms. The van der Waals surface area contributed by atoms with E-state index in [2.05, 4.69) is 10.6 Å². The van der Waals surface area contributed by atoms with Crippen LogP contribution in [0.5, 0.6) is 5.75 Å². The molecule has 8 nitrogen and oxygen atoms in total. The summed E-state index contributed by atoms with van der Waals surface area (Å²) in [5.41, 5.74) is 0.280. The van der Waals surface area contributed by atoms with Crippen LogP contribution in [0.4, 0.5) is 16.2 Å². The summed E-state index contributed by atoms with van der Waals surface area (Å²) in [6, 6.07) is 14.1. The molecule has 130 valence electrons. The van der Waals surface area contributed by atoms with Crippen LogP contribution in [0.25, 0.3) is 10.8 Å². The molecule has 0 aliphatic carbocycles. The number of hydrogen-bond donors (Lipinski definition) is 3. The average molecular weight is 351 g/mol. The number of carbonyl (C=O) groups excluding carboxylic acids is 2. The predicted molar refractivity (Wildman–Crippen MR) is 95.2 cm³/mol. The highest BCUT2D eigenvalue weighted by Gasteiger charge is 2.12. The van der Waals surface area contributed by atoms with Crippen molar-refractivity contribution in [2.75, 3.05) is 5.32 Å². The van der Waals surface area contributed by atoms with Crippen molar-refractivity contribution in [3.63, 3.8) is 0 Å². The summed E-state index contributed by atoms with van der Waals surface area (Å²) >= 11 is 0.